The number of hydrogen-bond donors (Lipinski definition) is 0. The summed E-state index contributed by atoms with van der Waals surface area (Å²) < 4.78 is 15.7. The van der Waals surface area contributed by atoms with Gasteiger partial charge in [0.05, 0.1) is 13.0 Å². The van der Waals surface area contributed by atoms with E-state index in [1.54, 1.807) is 14.2 Å². The molecular weight excluding hydrogens is 264 g/mol. The Hall–Kier alpha value is -0.723. The molecule has 0 aliphatic rings. The standard InChI is InChI=1S/C13H26O5Si/c1-6-11(7-9-14)12(13(15)16-2)8-10-19(5,17-3)18-4/h9,11-12H,6-8,10H2,1-5H3. The maximum atomic E-state index is 11.9. The Bertz CT molecular complexity index is 278. The first-order valence-corrected chi connectivity index (χ1v) is 9.12. The van der Waals surface area contributed by atoms with Gasteiger partial charge in [0.2, 0.25) is 0 Å². The van der Waals surface area contributed by atoms with E-state index in [1.165, 1.54) is 7.11 Å². The number of ether oxygens (including phenoxy) is 1. The largest absolute Gasteiger partial charge is 0.469 e. The maximum Gasteiger partial charge on any atom is 0.334 e. The summed E-state index contributed by atoms with van der Waals surface area (Å²) in [6.45, 7) is 3.94. The fraction of sp³-hybridized carbons (Fsp3) is 0.846. The molecule has 0 aliphatic heterocycles. The van der Waals surface area contributed by atoms with E-state index in [1.807, 2.05) is 13.5 Å². The first kappa shape index (κ1) is 18.3. The van der Waals surface area contributed by atoms with Crippen LogP contribution in [0.1, 0.15) is 26.2 Å². The summed E-state index contributed by atoms with van der Waals surface area (Å²) in [5, 5.41) is 0. The summed E-state index contributed by atoms with van der Waals surface area (Å²) in [6, 6.07) is 0.703. The minimum absolute atomic E-state index is 0.0249. The molecule has 0 rings (SSSR count). The third-order valence-corrected chi connectivity index (χ3v) is 6.69. The minimum Gasteiger partial charge on any atom is -0.469 e. The molecule has 2 unspecified atom stereocenters. The van der Waals surface area contributed by atoms with Gasteiger partial charge in [0.15, 0.2) is 0 Å². The molecular formula is C13H26O5Si. The molecule has 0 N–H and O–H groups in total. The van der Waals surface area contributed by atoms with Crippen molar-refractivity contribution in [3.05, 3.63) is 0 Å². The first-order valence-electron chi connectivity index (χ1n) is 6.59. The summed E-state index contributed by atoms with van der Waals surface area (Å²) in [7, 11) is 2.45. The molecule has 0 aromatic rings. The maximum absolute atomic E-state index is 11.9. The van der Waals surface area contributed by atoms with Gasteiger partial charge in [0.25, 0.3) is 0 Å². The van der Waals surface area contributed by atoms with Gasteiger partial charge in [-0.15, -0.1) is 0 Å². The van der Waals surface area contributed by atoms with Gasteiger partial charge < -0.3 is 18.4 Å². The summed E-state index contributed by atoms with van der Waals surface area (Å²) >= 11 is 0. The third kappa shape index (κ3) is 5.84. The van der Waals surface area contributed by atoms with Crippen LogP contribution in [-0.2, 0) is 23.2 Å². The second kappa shape index (κ2) is 9.22. The molecule has 0 radical (unpaired) electrons. The molecule has 0 aromatic heterocycles. The molecule has 0 amide bonds. The number of rotatable bonds is 10. The van der Waals surface area contributed by atoms with Gasteiger partial charge in [-0.3, -0.25) is 4.79 Å². The number of carbonyl (C=O) groups excluding carboxylic acids is 2. The van der Waals surface area contributed by atoms with Crippen LogP contribution in [0.2, 0.25) is 12.6 Å². The molecule has 6 heteroatoms. The molecule has 112 valence electrons. The zero-order chi connectivity index (χ0) is 14.9. The highest BCUT2D eigenvalue weighted by molar-refractivity contribution is 6.65. The topological polar surface area (TPSA) is 61.8 Å². The van der Waals surface area contributed by atoms with Gasteiger partial charge in [0.1, 0.15) is 6.29 Å². The molecule has 0 aromatic carbocycles. The van der Waals surface area contributed by atoms with E-state index >= 15 is 0 Å². The van der Waals surface area contributed by atoms with Gasteiger partial charge in [0, 0.05) is 20.6 Å². The van der Waals surface area contributed by atoms with Crippen molar-refractivity contribution >= 4 is 20.8 Å². The van der Waals surface area contributed by atoms with Crippen LogP contribution in [0.3, 0.4) is 0 Å². The van der Waals surface area contributed by atoms with Gasteiger partial charge in [-0.1, -0.05) is 13.3 Å². The highest BCUT2D eigenvalue weighted by Crippen LogP contribution is 2.28. The Labute approximate surface area is 116 Å². The lowest BCUT2D eigenvalue weighted by molar-refractivity contribution is -0.147. The highest BCUT2D eigenvalue weighted by Gasteiger charge is 2.34. The van der Waals surface area contributed by atoms with Crippen molar-refractivity contribution in [1.29, 1.82) is 0 Å². The van der Waals surface area contributed by atoms with E-state index in [9.17, 15) is 9.59 Å². The minimum atomic E-state index is -2.20. The number of hydrogen-bond acceptors (Lipinski definition) is 5. The van der Waals surface area contributed by atoms with Gasteiger partial charge in [-0.05, 0) is 24.9 Å². The predicted molar refractivity (Wildman–Crippen MR) is 75.0 cm³/mol. The lowest BCUT2D eigenvalue weighted by Crippen LogP contribution is -2.38. The van der Waals surface area contributed by atoms with Gasteiger partial charge in [-0.25, -0.2) is 0 Å². The molecule has 0 bridgehead atoms. The van der Waals surface area contributed by atoms with Crippen molar-refractivity contribution in [2.75, 3.05) is 21.3 Å². The Balaban J connectivity index is 4.77. The normalized spacial score (nSPS) is 14.8. The average molecular weight is 290 g/mol. The molecule has 19 heavy (non-hydrogen) atoms. The second-order valence-corrected chi connectivity index (χ2v) is 8.37. The van der Waals surface area contributed by atoms with Crippen molar-refractivity contribution in [1.82, 2.24) is 0 Å². The fourth-order valence-corrected chi connectivity index (χ4v) is 3.55. The molecule has 0 fully saturated rings. The molecule has 0 saturated heterocycles. The number of methoxy groups -OCH3 is 1. The quantitative estimate of drug-likeness (QED) is 0.350. The Kier molecular flexibility index (Phi) is 8.87. The van der Waals surface area contributed by atoms with Crippen LogP contribution in [0.25, 0.3) is 0 Å². The highest BCUT2D eigenvalue weighted by atomic mass is 28.4. The SMILES string of the molecule is CCC(CC=O)C(CC[Si](C)(OC)OC)C(=O)OC. The lowest BCUT2D eigenvalue weighted by Gasteiger charge is -2.27. The van der Waals surface area contributed by atoms with Crippen molar-refractivity contribution in [3.63, 3.8) is 0 Å². The predicted octanol–water partition coefficient (Wildman–Crippen LogP) is 2.15. The molecule has 5 nitrogen and oxygen atoms in total. The van der Waals surface area contributed by atoms with Crippen LogP contribution in [0.5, 0.6) is 0 Å². The Morgan fingerprint density at radius 3 is 2.21 bits per heavy atom. The molecule has 0 heterocycles. The van der Waals surface area contributed by atoms with E-state index in [0.717, 1.165) is 12.7 Å². The van der Waals surface area contributed by atoms with Crippen LogP contribution < -0.4 is 0 Å². The number of aldehydes is 1. The summed E-state index contributed by atoms with van der Waals surface area (Å²) in [4.78, 5) is 22.6. The summed E-state index contributed by atoms with van der Waals surface area (Å²) in [6.07, 6.45) is 2.65. The van der Waals surface area contributed by atoms with Crippen molar-refractivity contribution in [2.24, 2.45) is 11.8 Å². The zero-order valence-electron chi connectivity index (χ0n) is 12.6. The van der Waals surface area contributed by atoms with E-state index < -0.39 is 8.56 Å². The molecule has 0 spiro atoms. The molecule has 0 aliphatic carbocycles. The summed E-state index contributed by atoms with van der Waals surface area (Å²) in [5.41, 5.74) is 0. The fourth-order valence-electron chi connectivity index (χ4n) is 2.14. The Morgan fingerprint density at radius 2 is 1.84 bits per heavy atom. The van der Waals surface area contributed by atoms with E-state index in [4.69, 9.17) is 13.6 Å². The average Bonchev–Trinajstić information content (AvgIpc) is 2.45. The van der Waals surface area contributed by atoms with E-state index in [0.29, 0.717) is 18.9 Å². The van der Waals surface area contributed by atoms with Gasteiger partial charge in [-0.2, -0.15) is 0 Å². The van der Waals surface area contributed by atoms with Crippen LogP contribution in [0.15, 0.2) is 0 Å². The Morgan fingerprint density at radius 1 is 1.26 bits per heavy atom. The van der Waals surface area contributed by atoms with Crippen molar-refractivity contribution in [3.8, 4) is 0 Å². The first-order chi connectivity index (χ1) is 8.97. The second-order valence-electron chi connectivity index (χ2n) is 4.78. The molecule has 0 saturated carbocycles. The van der Waals surface area contributed by atoms with Crippen molar-refractivity contribution < 1.29 is 23.2 Å². The van der Waals surface area contributed by atoms with E-state index in [-0.39, 0.29) is 17.8 Å². The number of carbonyl (C=O) groups is 2. The molecule has 2 atom stereocenters. The van der Waals surface area contributed by atoms with Gasteiger partial charge >= 0.3 is 14.5 Å². The van der Waals surface area contributed by atoms with Crippen molar-refractivity contribution in [2.45, 2.75) is 38.8 Å². The van der Waals surface area contributed by atoms with Crippen LogP contribution >= 0.6 is 0 Å². The monoisotopic (exact) mass is 290 g/mol. The van der Waals surface area contributed by atoms with Crippen LogP contribution in [0.4, 0.5) is 0 Å². The lowest BCUT2D eigenvalue weighted by atomic mass is 9.86. The summed E-state index contributed by atoms with van der Waals surface area (Å²) in [5.74, 6) is -0.494. The van der Waals surface area contributed by atoms with Crippen LogP contribution in [-0.4, -0.2) is 42.1 Å². The zero-order valence-corrected chi connectivity index (χ0v) is 13.6. The third-order valence-electron chi connectivity index (χ3n) is 3.77. The van der Waals surface area contributed by atoms with Crippen LogP contribution in [0, 0.1) is 11.8 Å². The smallest absolute Gasteiger partial charge is 0.334 e. The van der Waals surface area contributed by atoms with E-state index in [2.05, 4.69) is 0 Å². The number of esters is 1.